The van der Waals surface area contributed by atoms with Crippen molar-refractivity contribution in [2.24, 2.45) is 11.8 Å². The lowest BCUT2D eigenvalue weighted by Crippen LogP contribution is -2.33. The second-order valence-electron chi connectivity index (χ2n) is 6.40. The molecular weight excluding hydrogens is 339 g/mol. The van der Waals surface area contributed by atoms with Crippen LogP contribution in [0.2, 0.25) is 0 Å². The van der Waals surface area contributed by atoms with Crippen molar-refractivity contribution in [3.63, 3.8) is 0 Å². The van der Waals surface area contributed by atoms with Crippen LogP contribution in [-0.4, -0.2) is 50.9 Å². The normalized spacial score (nSPS) is 23.2. The van der Waals surface area contributed by atoms with Crippen molar-refractivity contribution < 1.29 is 22.8 Å². The molecule has 0 unspecified atom stereocenters. The number of fused-ring (bicyclic) bond motifs is 2. The van der Waals surface area contributed by atoms with E-state index in [1.807, 2.05) is 0 Å². The summed E-state index contributed by atoms with van der Waals surface area (Å²) < 4.78 is 40.2. The average molecular weight is 353 g/mol. The lowest BCUT2D eigenvalue weighted by molar-refractivity contribution is -0.142. The predicted octanol–water partition coefficient (Wildman–Crippen LogP) is 0.875. The fourth-order valence-corrected chi connectivity index (χ4v) is 3.47. The van der Waals surface area contributed by atoms with E-state index in [1.165, 1.54) is 17.9 Å². The topological polar surface area (TPSA) is 79.6 Å². The molecule has 0 aromatic carbocycles. The number of halogens is 3. The van der Waals surface area contributed by atoms with Crippen LogP contribution in [0.25, 0.3) is 5.65 Å². The number of aromatic nitrogens is 3. The van der Waals surface area contributed by atoms with Crippen LogP contribution in [0.5, 0.6) is 0 Å². The van der Waals surface area contributed by atoms with Gasteiger partial charge in [-0.05, 0) is 13.0 Å². The van der Waals surface area contributed by atoms with E-state index >= 15 is 0 Å². The zero-order valence-corrected chi connectivity index (χ0v) is 13.2. The molecule has 2 saturated heterocycles. The number of hydrogen-bond acceptors (Lipinski definition) is 4. The molecule has 2 aliphatic heterocycles. The van der Waals surface area contributed by atoms with Crippen LogP contribution >= 0.6 is 0 Å². The van der Waals surface area contributed by atoms with Gasteiger partial charge in [0.05, 0.1) is 5.92 Å². The summed E-state index contributed by atoms with van der Waals surface area (Å²) in [6, 6.07) is 2.14. The first-order valence-corrected chi connectivity index (χ1v) is 7.75. The van der Waals surface area contributed by atoms with Crippen LogP contribution in [0, 0.1) is 18.8 Å². The molecule has 2 aromatic rings. The molecule has 2 atom stereocenters. The number of carbonyl (C=O) groups is 2. The summed E-state index contributed by atoms with van der Waals surface area (Å²) in [5, 5.41) is 6.56. The fourth-order valence-electron chi connectivity index (χ4n) is 3.47. The molecule has 1 N–H and O–H groups in total. The quantitative estimate of drug-likeness (QED) is 0.825. The van der Waals surface area contributed by atoms with Gasteiger partial charge in [0.2, 0.25) is 5.91 Å². The molecule has 4 rings (SSSR count). The summed E-state index contributed by atoms with van der Waals surface area (Å²) >= 11 is 0. The second-order valence-corrected chi connectivity index (χ2v) is 6.40. The van der Waals surface area contributed by atoms with E-state index in [1.54, 1.807) is 0 Å². The monoisotopic (exact) mass is 353 g/mol. The fraction of sp³-hybridized carbons (Fsp3) is 0.467. The van der Waals surface area contributed by atoms with Crippen molar-refractivity contribution in [2.45, 2.75) is 13.1 Å². The summed E-state index contributed by atoms with van der Waals surface area (Å²) in [7, 11) is 0. The van der Waals surface area contributed by atoms with Crippen molar-refractivity contribution in [3.05, 3.63) is 29.2 Å². The average Bonchev–Trinajstić information content (AvgIpc) is 3.20. The van der Waals surface area contributed by atoms with Crippen LogP contribution in [0.1, 0.15) is 21.9 Å². The SMILES string of the molecule is Cc1cc(C(F)(F)F)n2nc(C(=O)N3C[C@@H]4CNC(=O)[C@@H]4C3)cc2n1. The number of carbonyl (C=O) groups excluding carboxylic acids is 2. The van der Waals surface area contributed by atoms with Gasteiger partial charge in [-0.1, -0.05) is 0 Å². The van der Waals surface area contributed by atoms with E-state index in [0.29, 0.717) is 17.6 Å². The number of nitrogens with zero attached hydrogens (tertiary/aromatic N) is 4. The van der Waals surface area contributed by atoms with E-state index < -0.39 is 17.8 Å². The lowest BCUT2D eigenvalue weighted by atomic mass is 10.0. The van der Waals surface area contributed by atoms with Crippen LogP contribution in [-0.2, 0) is 11.0 Å². The van der Waals surface area contributed by atoms with Gasteiger partial charge < -0.3 is 10.2 Å². The molecule has 10 heteroatoms. The molecule has 25 heavy (non-hydrogen) atoms. The first-order chi connectivity index (χ1) is 11.7. The first-order valence-electron chi connectivity index (χ1n) is 7.75. The van der Waals surface area contributed by atoms with Crippen LogP contribution in [0.4, 0.5) is 13.2 Å². The number of aryl methyl sites for hydroxylation is 1. The summed E-state index contributed by atoms with van der Waals surface area (Å²) in [5.74, 6) is -0.794. The minimum atomic E-state index is -4.61. The van der Waals surface area contributed by atoms with Gasteiger partial charge in [-0.15, -0.1) is 0 Å². The van der Waals surface area contributed by atoms with Crippen LogP contribution in [0.3, 0.4) is 0 Å². The number of hydrogen-bond donors (Lipinski definition) is 1. The predicted molar refractivity (Wildman–Crippen MR) is 78.6 cm³/mol. The Bertz CT molecular complexity index is 891. The van der Waals surface area contributed by atoms with Crippen LogP contribution in [0.15, 0.2) is 12.1 Å². The maximum absolute atomic E-state index is 13.2. The highest BCUT2D eigenvalue weighted by atomic mass is 19.4. The number of likely N-dealkylation sites (tertiary alicyclic amines) is 1. The molecule has 2 fully saturated rings. The van der Waals surface area contributed by atoms with Crippen molar-refractivity contribution in [3.8, 4) is 0 Å². The molecule has 2 amide bonds. The molecule has 2 aromatic heterocycles. The third kappa shape index (κ3) is 2.52. The number of amides is 2. The lowest BCUT2D eigenvalue weighted by Gasteiger charge is -2.15. The number of rotatable bonds is 1. The summed E-state index contributed by atoms with van der Waals surface area (Å²) in [5.41, 5.74) is -0.936. The Kier molecular flexibility index (Phi) is 3.28. The molecule has 0 spiro atoms. The molecule has 0 aliphatic carbocycles. The minimum Gasteiger partial charge on any atom is -0.355 e. The number of alkyl halides is 3. The van der Waals surface area contributed by atoms with Crippen molar-refractivity contribution in [2.75, 3.05) is 19.6 Å². The van der Waals surface area contributed by atoms with Gasteiger partial charge in [0.15, 0.2) is 11.3 Å². The highest BCUT2D eigenvalue weighted by Crippen LogP contribution is 2.31. The van der Waals surface area contributed by atoms with Gasteiger partial charge in [-0.3, -0.25) is 9.59 Å². The molecule has 0 saturated carbocycles. The Morgan fingerprint density at radius 3 is 2.76 bits per heavy atom. The van der Waals surface area contributed by atoms with Gasteiger partial charge in [-0.25, -0.2) is 9.50 Å². The van der Waals surface area contributed by atoms with Crippen molar-refractivity contribution in [1.29, 1.82) is 0 Å². The van der Waals surface area contributed by atoms with E-state index in [2.05, 4.69) is 15.4 Å². The molecule has 132 valence electrons. The Morgan fingerprint density at radius 2 is 2.08 bits per heavy atom. The zero-order chi connectivity index (χ0) is 17.9. The molecular formula is C15H14F3N5O2. The molecule has 0 bridgehead atoms. The van der Waals surface area contributed by atoms with Gasteiger partial charge in [-0.2, -0.15) is 18.3 Å². The highest BCUT2D eigenvalue weighted by Gasteiger charge is 2.44. The van der Waals surface area contributed by atoms with E-state index in [-0.39, 0.29) is 41.3 Å². The Balaban J connectivity index is 1.68. The van der Waals surface area contributed by atoms with Gasteiger partial charge in [0, 0.05) is 37.3 Å². The summed E-state index contributed by atoms with van der Waals surface area (Å²) in [4.78, 5) is 29.8. The number of nitrogens with one attached hydrogen (secondary N) is 1. The van der Waals surface area contributed by atoms with Gasteiger partial charge >= 0.3 is 6.18 Å². The highest BCUT2D eigenvalue weighted by molar-refractivity contribution is 5.94. The molecule has 7 nitrogen and oxygen atoms in total. The third-order valence-electron chi connectivity index (χ3n) is 4.67. The Morgan fingerprint density at radius 1 is 1.32 bits per heavy atom. The Hall–Kier alpha value is -2.65. The molecule has 4 heterocycles. The standard InChI is InChI=1S/C15H14F3N5O2/c1-7-2-11(15(16,17)18)23-12(20-7)3-10(21-23)14(25)22-5-8-4-19-13(24)9(8)6-22/h2-3,8-9H,4-6H2,1H3,(H,19,24)/t8-,9+/m0/s1. The van der Waals surface area contributed by atoms with Crippen molar-refractivity contribution in [1.82, 2.24) is 24.8 Å². The minimum absolute atomic E-state index is 0.0344. The third-order valence-corrected chi connectivity index (χ3v) is 4.67. The molecule has 0 radical (unpaired) electrons. The summed E-state index contributed by atoms with van der Waals surface area (Å²) in [6.45, 7) is 2.60. The molecule has 2 aliphatic rings. The maximum atomic E-state index is 13.2. The van der Waals surface area contributed by atoms with Crippen molar-refractivity contribution >= 4 is 17.5 Å². The first kappa shape index (κ1) is 15.9. The van der Waals surface area contributed by atoms with E-state index in [9.17, 15) is 22.8 Å². The van der Waals surface area contributed by atoms with E-state index in [0.717, 1.165) is 6.07 Å². The van der Waals surface area contributed by atoms with E-state index in [4.69, 9.17) is 0 Å². The smallest absolute Gasteiger partial charge is 0.355 e. The largest absolute Gasteiger partial charge is 0.433 e. The van der Waals surface area contributed by atoms with Crippen LogP contribution < -0.4 is 5.32 Å². The van der Waals surface area contributed by atoms with Gasteiger partial charge in [0.25, 0.3) is 5.91 Å². The summed E-state index contributed by atoms with van der Waals surface area (Å²) in [6.07, 6.45) is -4.61. The second kappa shape index (κ2) is 5.17. The zero-order valence-electron chi connectivity index (χ0n) is 13.2. The maximum Gasteiger partial charge on any atom is 0.433 e. The van der Waals surface area contributed by atoms with Gasteiger partial charge in [0.1, 0.15) is 5.69 Å². The Labute approximate surface area is 139 Å².